The molecule has 0 rings (SSSR count). The molecule has 0 heterocycles. The molecule has 0 bridgehead atoms. The van der Waals surface area contributed by atoms with E-state index in [4.69, 9.17) is 10.5 Å². The fraction of sp³-hybridized carbons (Fsp3) is 1.00. The number of hydrogen-bond donors (Lipinski definition) is 1. The van der Waals surface area contributed by atoms with E-state index in [1.165, 1.54) is 0 Å². The van der Waals surface area contributed by atoms with E-state index in [1.807, 2.05) is 0 Å². The maximum atomic E-state index is 10.9. The lowest BCUT2D eigenvalue weighted by molar-refractivity contribution is 0.185. The fourth-order valence-electron chi connectivity index (χ4n) is 0.368. The summed E-state index contributed by atoms with van der Waals surface area (Å²) in [5.41, 5.74) is 5.14. The van der Waals surface area contributed by atoms with Crippen LogP contribution in [0.15, 0.2) is 0 Å². The van der Waals surface area contributed by atoms with Gasteiger partial charge in [-0.1, -0.05) is 0 Å². The molecular weight excluding hydrogens is 172 g/mol. The maximum absolute atomic E-state index is 10.9. The van der Waals surface area contributed by atoms with Crippen LogP contribution in [0.3, 0.4) is 0 Å². The fourth-order valence-corrected chi connectivity index (χ4v) is 0.937. The van der Waals surface area contributed by atoms with Crippen molar-refractivity contribution in [3.63, 3.8) is 0 Å². The van der Waals surface area contributed by atoms with Crippen molar-refractivity contribution in [1.29, 1.82) is 0 Å². The van der Waals surface area contributed by atoms with Crippen molar-refractivity contribution in [1.82, 2.24) is 0 Å². The number of rotatable bonds is 4. The molecule has 0 saturated carbocycles. The molecule has 5 heteroatoms. The predicted molar refractivity (Wildman–Crippen MR) is 46.6 cm³/mol. The molecule has 64 valence electrons. The molecule has 0 aliphatic carbocycles. The minimum atomic E-state index is -1.97. The largest absolute Gasteiger partial charge is 0.372 e. The zero-order chi connectivity index (χ0) is 7.33. The van der Waals surface area contributed by atoms with Crippen LogP contribution in [0.2, 0.25) is 0 Å². The Bertz CT molecular complexity index is 114. The Labute approximate surface area is 68.1 Å². The van der Waals surface area contributed by atoms with Crippen LogP contribution in [0, 0.1) is 0 Å². The second-order valence-corrected chi connectivity index (χ2v) is 5.81. The normalized spacial score (nSPS) is 10.7. The lowest BCUT2D eigenvalue weighted by Gasteiger charge is -2.05. The summed E-state index contributed by atoms with van der Waals surface area (Å²) in [6.45, 7) is 4.40. The van der Waals surface area contributed by atoms with Gasteiger partial charge in [0.15, 0.2) is 0 Å². The summed E-state index contributed by atoms with van der Waals surface area (Å²) in [5, 5.41) is 0. The quantitative estimate of drug-likeness (QED) is 0.527. The van der Waals surface area contributed by atoms with Crippen molar-refractivity contribution >= 4 is 19.5 Å². The molecule has 0 atom stereocenters. The van der Waals surface area contributed by atoms with Gasteiger partial charge >= 0.3 is 0 Å². The van der Waals surface area contributed by atoms with Crippen LogP contribution in [-0.2, 0) is 9.30 Å². The van der Waals surface area contributed by atoms with Crippen molar-refractivity contribution in [2.75, 3.05) is 32.8 Å². The van der Waals surface area contributed by atoms with Gasteiger partial charge in [0.2, 0.25) is 0 Å². The van der Waals surface area contributed by atoms with Crippen LogP contribution in [0.1, 0.15) is 0 Å². The van der Waals surface area contributed by atoms with Crippen molar-refractivity contribution in [2.24, 2.45) is 5.73 Å². The number of halogens is 1. The number of hydrogen-bond acceptors (Lipinski definition) is 3. The lowest BCUT2D eigenvalue weighted by Crippen LogP contribution is -2.08. The summed E-state index contributed by atoms with van der Waals surface area (Å²) in [7, 11) is -1.97. The van der Waals surface area contributed by atoms with Gasteiger partial charge in [0.25, 0.3) is 0 Å². The highest BCUT2D eigenvalue weighted by Gasteiger charge is 2.04. The van der Waals surface area contributed by atoms with Gasteiger partial charge in [-0.15, -0.1) is 12.4 Å². The van der Waals surface area contributed by atoms with Crippen LogP contribution in [-0.4, -0.2) is 32.8 Å². The molecule has 0 aliphatic rings. The molecule has 10 heavy (non-hydrogen) atoms. The highest BCUT2D eigenvalue weighted by atomic mass is 35.5. The van der Waals surface area contributed by atoms with Gasteiger partial charge in [-0.05, 0) is 13.3 Å². The average Bonchev–Trinajstić information content (AvgIpc) is 1.63. The monoisotopic (exact) mass is 187 g/mol. The average molecular weight is 188 g/mol. The first-order valence-corrected chi connectivity index (χ1v) is 5.67. The van der Waals surface area contributed by atoms with E-state index in [-0.39, 0.29) is 12.4 Å². The first kappa shape index (κ1) is 13.1. The first-order valence-electron chi connectivity index (χ1n) is 2.88. The molecule has 0 saturated heterocycles. The standard InChI is InChI=1S/C5H14NO2P.ClH/c1-9(2,7)5-8-4-3-6;/h3-6H2,1-2H3;1H. The summed E-state index contributed by atoms with van der Waals surface area (Å²) in [6, 6.07) is 0. The molecule has 0 aromatic carbocycles. The van der Waals surface area contributed by atoms with E-state index in [0.717, 1.165) is 0 Å². The zero-order valence-corrected chi connectivity index (χ0v) is 8.08. The van der Waals surface area contributed by atoms with Crippen LogP contribution in [0.5, 0.6) is 0 Å². The van der Waals surface area contributed by atoms with Crippen molar-refractivity contribution < 1.29 is 9.30 Å². The zero-order valence-electron chi connectivity index (χ0n) is 6.37. The Kier molecular flexibility index (Phi) is 8.06. The number of nitrogens with two attached hydrogens (primary N) is 1. The molecule has 0 amide bonds. The van der Waals surface area contributed by atoms with Gasteiger partial charge in [0.05, 0.1) is 13.0 Å². The second-order valence-electron chi connectivity index (χ2n) is 2.40. The van der Waals surface area contributed by atoms with E-state index < -0.39 is 7.14 Å². The van der Waals surface area contributed by atoms with Crippen LogP contribution in [0.4, 0.5) is 0 Å². The predicted octanol–water partition coefficient (Wildman–Crippen LogP) is 0.964. The molecular formula is C5H15ClNO2P. The maximum Gasteiger partial charge on any atom is 0.106 e. The highest BCUT2D eigenvalue weighted by molar-refractivity contribution is 7.62. The van der Waals surface area contributed by atoms with Gasteiger partial charge in [-0.25, -0.2) is 0 Å². The topological polar surface area (TPSA) is 52.3 Å². The Hall–Kier alpha value is 0.440. The highest BCUT2D eigenvalue weighted by Crippen LogP contribution is 2.34. The Morgan fingerprint density at radius 3 is 2.30 bits per heavy atom. The minimum absolute atomic E-state index is 0. The minimum Gasteiger partial charge on any atom is -0.372 e. The van der Waals surface area contributed by atoms with Gasteiger partial charge < -0.3 is 15.0 Å². The van der Waals surface area contributed by atoms with Gasteiger partial charge in [0.1, 0.15) is 7.14 Å². The molecule has 0 unspecified atom stereocenters. The summed E-state index contributed by atoms with van der Waals surface area (Å²) < 4.78 is 15.9. The van der Waals surface area contributed by atoms with Crippen LogP contribution < -0.4 is 5.73 Å². The molecule has 0 aromatic heterocycles. The van der Waals surface area contributed by atoms with Crippen molar-refractivity contribution in [3.8, 4) is 0 Å². The van der Waals surface area contributed by atoms with E-state index in [2.05, 4.69) is 0 Å². The van der Waals surface area contributed by atoms with Crippen molar-refractivity contribution in [3.05, 3.63) is 0 Å². The van der Waals surface area contributed by atoms with Gasteiger partial charge in [-0.3, -0.25) is 0 Å². The summed E-state index contributed by atoms with van der Waals surface area (Å²) in [5.74, 6) is 0. The summed E-state index contributed by atoms with van der Waals surface area (Å²) in [4.78, 5) is 0. The van der Waals surface area contributed by atoms with Crippen LogP contribution >= 0.6 is 19.5 Å². The summed E-state index contributed by atoms with van der Waals surface area (Å²) >= 11 is 0. The third kappa shape index (κ3) is 11.3. The van der Waals surface area contributed by atoms with E-state index >= 15 is 0 Å². The van der Waals surface area contributed by atoms with Gasteiger partial charge in [0, 0.05) is 6.54 Å². The molecule has 3 nitrogen and oxygen atoms in total. The summed E-state index contributed by atoms with van der Waals surface area (Å²) in [6.07, 6.45) is 0.351. The first-order chi connectivity index (χ1) is 4.06. The molecule has 0 fully saturated rings. The second kappa shape index (κ2) is 6.17. The van der Waals surface area contributed by atoms with Gasteiger partial charge in [-0.2, -0.15) is 0 Å². The molecule has 0 spiro atoms. The third-order valence-corrected chi connectivity index (χ3v) is 1.47. The van der Waals surface area contributed by atoms with E-state index in [1.54, 1.807) is 13.3 Å². The smallest absolute Gasteiger partial charge is 0.106 e. The molecule has 0 aliphatic heterocycles. The third-order valence-electron chi connectivity index (χ3n) is 0.664. The Balaban J connectivity index is 0. The molecule has 0 radical (unpaired) electrons. The molecule has 0 aromatic rings. The van der Waals surface area contributed by atoms with E-state index in [9.17, 15) is 4.57 Å². The Morgan fingerprint density at radius 1 is 1.50 bits per heavy atom. The lowest BCUT2D eigenvalue weighted by atomic mass is 10.7. The van der Waals surface area contributed by atoms with E-state index in [0.29, 0.717) is 19.5 Å². The number of ether oxygens (including phenoxy) is 1. The molecule has 2 N–H and O–H groups in total. The Morgan fingerprint density at radius 2 is 2.00 bits per heavy atom. The SMILES string of the molecule is CP(C)(=O)COCCN.Cl. The van der Waals surface area contributed by atoms with Crippen LogP contribution in [0.25, 0.3) is 0 Å². The van der Waals surface area contributed by atoms with Crippen molar-refractivity contribution in [2.45, 2.75) is 0 Å².